The van der Waals surface area contributed by atoms with E-state index < -0.39 is 0 Å². The number of thioether (sulfide) groups is 1. The van der Waals surface area contributed by atoms with Gasteiger partial charge in [-0.25, -0.2) is 0 Å². The fraction of sp³-hybridized carbons (Fsp3) is 0.909. The average molecular weight is 215 g/mol. The molecule has 1 rings (SSSR count). The van der Waals surface area contributed by atoms with Crippen molar-refractivity contribution in [2.75, 3.05) is 25.4 Å². The minimum atomic E-state index is 0.326. The zero-order chi connectivity index (χ0) is 10.4. The number of ketones is 1. The summed E-state index contributed by atoms with van der Waals surface area (Å²) in [5.74, 6) is 1.60. The molecule has 0 aliphatic carbocycles. The van der Waals surface area contributed by atoms with E-state index in [9.17, 15) is 4.79 Å². The summed E-state index contributed by atoms with van der Waals surface area (Å²) >= 11 is 2.07. The van der Waals surface area contributed by atoms with Crippen molar-refractivity contribution in [1.82, 2.24) is 4.90 Å². The van der Waals surface area contributed by atoms with E-state index in [0.717, 1.165) is 18.1 Å². The molecule has 0 amide bonds. The van der Waals surface area contributed by atoms with Crippen LogP contribution >= 0.6 is 11.8 Å². The molecule has 0 bridgehead atoms. The van der Waals surface area contributed by atoms with Crippen LogP contribution in [0.15, 0.2) is 0 Å². The van der Waals surface area contributed by atoms with Crippen molar-refractivity contribution in [2.24, 2.45) is 0 Å². The van der Waals surface area contributed by atoms with Gasteiger partial charge in [0.25, 0.3) is 0 Å². The van der Waals surface area contributed by atoms with Gasteiger partial charge in [0.05, 0.1) is 0 Å². The van der Waals surface area contributed by atoms with Gasteiger partial charge in [-0.05, 0) is 26.3 Å². The number of hydrogen-bond acceptors (Lipinski definition) is 3. The number of unbranched alkanes of at least 4 members (excludes halogenated alkanes) is 1. The number of nitrogens with zero attached hydrogens (tertiary/aromatic N) is 1. The first kappa shape index (κ1) is 12.1. The molecule has 0 N–H and O–H groups in total. The molecule has 14 heavy (non-hydrogen) atoms. The number of carbonyl (C=O) groups is 1. The van der Waals surface area contributed by atoms with Crippen LogP contribution in [0.2, 0.25) is 0 Å². The molecular formula is C11H21NOS. The molecule has 2 nitrogen and oxygen atoms in total. The van der Waals surface area contributed by atoms with Crippen LogP contribution in [0.1, 0.15) is 33.1 Å². The zero-order valence-electron chi connectivity index (χ0n) is 9.29. The molecule has 1 unspecified atom stereocenters. The third-order valence-corrected chi connectivity index (χ3v) is 3.71. The average Bonchev–Trinajstić information content (AvgIpc) is 2.12. The molecule has 1 fully saturated rings. The molecule has 1 aliphatic heterocycles. The van der Waals surface area contributed by atoms with E-state index >= 15 is 0 Å². The highest BCUT2D eigenvalue weighted by Crippen LogP contribution is 2.17. The Morgan fingerprint density at radius 2 is 2.29 bits per heavy atom. The summed E-state index contributed by atoms with van der Waals surface area (Å²) in [7, 11) is 0. The Bertz CT molecular complexity index is 184. The minimum Gasteiger partial charge on any atom is -0.301 e. The highest BCUT2D eigenvalue weighted by atomic mass is 32.2. The van der Waals surface area contributed by atoms with Crippen LogP contribution < -0.4 is 0 Å². The summed E-state index contributed by atoms with van der Waals surface area (Å²) in [4.78, 5) is 13.3. The SMILES string of the molecule is CC(=O)CCCCN1CCSC(C)C1. The van der Waals surface area contributed by atoms with Gasteiger partial charge in [0.2, 0.25) is 0 Å². The number of Topliss-reactive ketones (excluding diaryl/α,β-unsaturated/α-hetero) is 1. The molecule has 0 aromatic rings. The van der Waals surface area contributed by atoms with Crippen LogP contribution in [0, 0.1) is 0 Å². The van der Waals surface area contributed by atoms with Crippen LogP contribution in [-0.2, 0) is 4.79 Å². The third-order valence-electron chi connectivity index (χ3n) is 2.58. The van der Waals surface area contributed by atoms with Crippen molar-refractivity contribution in [3.8, 4) is 0 Å². The Morgan fingerprint density at radius 1 is 1.50 bits per heavy atom. The van der Waals surface area contributed by atoms with Crippen molar-refractivity contribution in [3.63, 3.8) is 0 Å². The standard InChI is InChI=1S/C11H21NOS/c1-10(13)5-3-4-6-12-7-8-14-11(2)9-12/h11H,3-9H2,1-2H3. The third kappa shape index (κ3) is 5.01. The molecule has 1 aliphatic rings. The van der Waals surface area contributed by atoms with Crippen LogP contribution in [0.5, 0.6) is 0 Å². The quantitative estimate of drug-likeness (QED) is 0.656. The maximum absolute atomic E-state index is 10.7. The maximum atomic E-state index is 10.7. The lowest BCUT2D eigenvalue weighted by molar-refractivity contribution is -0.117. The van der Waals surface area contributed by atoms with Gasteiger partial charge < -0.3 is 9.69 Å². The first-order chi connectivity index (χ1) is 6.68. The maximum Gasteiger partial charge on any atom is 0.129 e. The summed E-state index contributed by atoms with van der Waals surface area (Å²) in [6.45, 7) is 7.62. The molecule has 0 spiro atoms. The van der Waals surface area contributed by atoms with Crippen molar-refractivity contribution >= 4 is 17.5 Å². The molecule has 3 heteroatoms. The van der Waals surface area contributed by atoms with E-state index in [0.29, 0.717) is 5.78 Å². The zero-order valence-corrected chi connectivity index (χ0v) is 10.1. The van der Waals surface area contributed by atoms with Gasteiger partial charge in [-0.15, -0.1) is 0 Å². The fourth-order valence-corrected chi connectivity index (χ4v) is 2.89. The first-order valence-electron chi connectivity index (χ1n) is 5.52. The fourth-order valence-electron chi connectivity index (χ4n) is 1.80. The number of hydrogen-bond donors (Lipinski definition) is 0. The van der Waals surface area contributed by atoms with Crippen LogP contribution in [-0.4, -0.2) is 41.3 Å². The molecule has 0 aromatic heterocycles. The normalized spacial score (nSPS) is 23.7. The molecule has 82 valence electrons. The molecule has 0 aromatic carbocycles. The lowest BCUT2D eigenvalue weighted by atomic mass is 10.2. The highest BCUT2D eigenvalue weighted by molar-refractivity contribution is 7.99. The smallest absolute Gasteiger partial charge is 0.129 e. The van der Waals surface area contributed by atoms with Crippen LogP contribution in [0.3, 0.4) is 0 Å². The number of rotatable bonds is 5. The second kappa shape index (κ2) is 6.46. The van der Waals surface area contributed by atoms with E-state index in [1.165, 1.54) is 31.8 Å². The highest BCUT2D eigenvalue weighted by Gasteiger charge is 2.15. The second-order valence-corrected chi connectivity index (χ2v) is 5.69. The van der Waals surface area contributed by atoms with Gasteiger partial charge in [0, 0.05) is 30.5 Å². The Morgan fingerprint density at radius 3 is 2.93 bits per heavy atom. The van der Waals surface area contributed by atoms with Gasteiger partial charge in [0.1, 0.15) is 5.78 Å². The first-order valence-corrected chi connectivity index (χ1v) is 6.57. The Hall–Kier alpha value is -0.0200. The van der Waals surface area contributed by atoms with E-state index in [2.05, 4.69) is 23.6 Å². The Balaban J connectivity index is 2.03. The lowest BCUT2D eigenvalue weighted by Gasteiger charge is -2.30. The predicted molar refractivity (Wildman–Crippen MR) is 62.9 cm³/mol. The molecule has 0 radical (unpaired) electrons. The van der Waals surface area contributed by atoms with Crippen molar-refractivity contribution in [1.29, 1.82) is 0 Å². The van der Waals surface area contributed by atoms with E-state index in [-0.39, 0.29) is 0 Å². The molecular weight excluding hydrogens is 194 g/mol. The number of carbonyl (C=O) groups excluding carboxylic acids is 1. The molecule has 1 heterocycles. The molecule has 1 saturated heterocycles. The van der Waals surface area contributed by atoms with Crippen molar-refractivity contribution in [3.05, 3.63) is 0 Å². The van der Waals surface area contributed by atoms with Crippen LogP contribution in [0.4, 0.5) is 0 Å². The van der Waals surface area contributed by atoms with Gasteiger partial charge in [-0.1, -0.05) is 6.92 Å². The van der Waals surface area contributed by atoms with Gasteiger partial charge in [-0.3, -0.25) is 0 Å². The van der Waals surface area contributed by atoms with E-state index in [1.54, 1.807) is 6.92 Å². The summed E-state index contributed by atoms with van der Waals surface area (Å²) in [6.07, 6.45) is 3.00. The lowest BCUT2D eigenvalue weighted by Crippen LogP contribution is -2.37. The largest absolute Gasteiger partial charge is 0.301 e. The monoisotopic (exact) mass is 215 g/mol. The minimum absolute atomic E-state index is 0.326. The van der Waals surface area contributed by atoms with Gasteiger partial charge in [-0.2, -0.15) is 11.8 Å². The van der Waals surface area contributed by atoms with Crippen molar-refractivity contribution < 1.29 is 4.79 Å². The molecule has 1 atom stereocenters. The topological polar surface area (TPSA) is 20.3 Å². The van der Waals surface area contributed by atoms with Crippen LogP contribution in [0.25, 0.3) is 0 Å². The van der Waals surface area contributed by atoms with E-state index in [4.69, 9.17) is 0 Å². The second-order valence-electron chi connectivity index (χ2n) is 4.14. The predicted octanol–water partition coefficient (Wildman–Crippen LogP) is 2.18. The Labute approximate surface area is 91.4 Å². The van der Waals surface area contributed by atoms with Gasteiger partial charge >= 0.3 is 0 Å². The summed E-state index contributed by atoms with van der Waals surface area (Å²) in [6, 6.07) is 0. The van der Waals surface area contributed by atoms with E-state index in [1.807, 2.05) is 0 Å². The summed E-state index contributed by atoms with van der Waals surface area (Å²) in [5.41, 5.74) is 0. The van der Waals surface area contributed by atoms with Gasteiger partial charge in [0.15, 0.2) is 0 Å². The summed E-state index contributed by atoms with van der Waals surface area (Å²) in [5, 5.41) is 0.788. The molecule has 0 saturated carbocycles. The van der Waals surface area contributed by atoms with Crippen molar-refractivity contribution in [2.45, 2.75) is 38.4 Å². The summed E-state index contributed by atoms with van der Waals surface area (Å²) < 4.78 is 0. The Kier molecular flexibility index (Phi) is 5.56.